The third kappa shape index (κ3) is 5.10. The highest BCUT2D eigenvalue weighted by Crippen LogP contribution is 2.18. The fraction of sp³-hybridized carbons (Fsp3) is 0.350. The number of anilines is 1. The quantitative estimate of drug-likeness (QED) is 0.842. The Hall–Kier alpha value is -2.33. The lowest BCUT2D eigenvalue weighted by atomic mass is 10.1. The molecule has 0 aromatic heterocycles. The maximum atomic E-state index is 12.0. The third-order valence-electron chi connectivity index (χ3n) is 4.08. The molecule has 1 aliphatic rings. The van der Waals surface area contributed by atoms with Gasteiger partial charge in [0.25, 0.3) is 0 Å². The van der Waals surface area contributed by atoms with Gasteiger partial charge in [0.15, 0.2) is 0 Å². The maximum Gasteiger partial charge on any atom is 0.224 e. The summed E-state index contributed by atoms with van der Waals surface area (Å²) in [5.74, 6) is 0.819. The Bertz CT molecular complexity index is 634. The first-order valence-corrected chi connectivity index (χ1v) is 8.48. The Morgan fingerprint density at radius 1 is 1.12 bits per heavy atom. The lowest BCUT2D eigenvalue weighted by Gasteiger charge is -2.12. The number of rotatable bonds is 7. The number of hydrogen-bond acceptors (Lipinski definition) is 3. The molecule has 0 radical (unpaired) electrons. The van der Waals surface area contributed by atoms with Crippen LogP contribution in [0, 0.1) is 0 Å². The van der Waals surface area contributed by atoms with E-state index >= 15 is 0 Å². The van der Waals surface area contributed by atoms with Crippen LogP contribution in [0.25, 0.3) is 0 Å². The van der Waals surface area contributed by atoms with Crippen LogP contribution in [0.15, 0.2) is 54.6 Å². The Balaban J connectivity index is 1.42. The summed E-state index contributed by atoms with van der Waals surface area (Å²) >= 11 is 0. The van der Waals surface area contributed by atoms with Gasteiger partial charge in [0.05, 0.1) is 6.10 Å². The van der Waals surface area contributed by atoms with Gasteiger partial charge in [-0.25, -0.2) is 0 Å². The van der Waals surface area contributed by atoms with Gasteiger partial charge in [-0.2, -0.15) is 0 Å². The van der Waals surface area contributed by atoms with Crippen LogP contribution in [0.2, 0.25) is 0 Å². The molecule has 0 spiro atoms. The standard InChI is InChI=1S/C20H23NO3/c22-20(13-8-16-5-2-1-3-6-16)21-17-9-11-18(12-10-17)24-15-19-7-4-14-23-19/h1-3,5-6,9-12,19H,4,7-8,13-15H2,(H,21,22)/t19-/m0/s1. The number of carbonyl (C=O) groups is 1. The Morgan fingerprint density at radius 3 is 2.62 bits per heavy atom. The minimum atomic E-state index is 0.0203. The van der Waals surface area contributed by atoms with Gasteiger partial charge in [-0.05, 0) is 49.1 Å². The fourth-order valence-electron chi connectivity index (χ4n) is 2.73. The zero-order chi connectivity index (χ0) is 16.6. The largest absolute Gasteiger partial charge is 0.491 e. The Labute approximate surface area is 142 Å². The number of carbonyl (C=O) groups excluding carboxylic acids is 1. The summed E-state index contributed by atoms with van der Waals surface area (Å²) < 4.78 is 11.2. The highest BCUT2D eigenvalue weighted by Gasteiger charge is 2.15. The van der Waals surface area contributed by atoms with Crippen molar-refractivity contribution in [3.05, 3.63) is 60.2 Å². The number of aryl methyl sites for hydroxylation is 1. The molecule has 4 nitrogen and oxygen atoms in total. The van der Waals surface area contributed by atoms with E-state index in [0.717, 1.165) is 37.3 Å². The van der Waals surface area contributed by atoms with Crippen LogP contribution in [-0.2, 0) is 16.0 Å². The smallest absolute Gasteiger partial charge is 0.224 e. The summed E-state index contributed by atoms with van der Waals surface area (Å²) in [5, 5.41) is 2.92. The molecule has 24 heavy (non-hydrogen) atoms. The van der Waals surface area contributed by atoms with Crippen LogP contribution in [0.1, 0.15) is 24.8 Å². The minimum absolute atomic E-state index is 0.0203. The summed E-state index contributed by atoms with van der Waals surface area (Å²) in [6, 6.07) is 17.5. The summed E-state index contributed by atoms with van der Waals surface area (Å²) in [4.78, 5) is 12.0. The molecule has 1 heterocycles. The van der Waals surface area contributed by atoms with Crippen molar-refractivity contribution in [2.24, 2.45) is 0 Å². The van der Waals surface area contributed by atoms with E-state index in [0.29, 0.717) is 13.0 Å². The molecular weight excluding hydrogens is 302 g/mol. The van der Waals surface area contributed by atoms with Gasteiger partial charge in [0, 0.05) is 18.7 Å². The average Bonchev–Trinajstić information content (AvgIpc) is 3.14. The van der Waals surface area contributed by atoms with Crippen LogP contribution < -0.4 is 10.1 Å². The normalized spacial score (nSPS) is 16.8. The summed E-state index contributed by atoms with van der Waals surface area (Å²) in [6.07, 6.45) is 3.61. The monoisotopic (exact) mass is 325 g/mol. The second-order valence-corrected chi connectivity index (χ2v) is 6.00. The predicted molar refractivity (Wildman–Crippen MR) is 94.3 cm³/mol. The van der Waals surface area contributed by atoms with Gasteiger partial charge in [0.1, 0.15) is 12.4 Å². The number of ether oxygens (including phenoxy) is 2. The molecule has 1 saturated heterocycles. The van der Waals surface area contributed by atoms with Gasteiger partial charge in [-0.15, -0.1) is 0 Å². The van der Waals surface area contributed by atoms with E-state index in [1.165, 1.54) is 5.56 Å². The van der Waals surface area contributed by atoms with Crippen molar-refractivity contribution in [2.45, 2.75) is 31.8 Å². The van der Waals surface area contributed by atoms with Gasteiger partial charge >= 0.3 is 0 Å². The lowest BCUT2D eigenvalue weighted by molar-refractivity contribution is -0.116. The first-order valence-electron chi connectivity index (χ1n) is 8.48. The third-order valence-corrected chi connectivity index (χ3v) is 4.08. The van der Waals surface area contributed by atoms with Crippen LogP contribution in [0.5, 0.6) is 5.75 Å². The van der Waals surface area contributed by atoms with Gasteiger partial charge in [-0.3, -0.25) is 4.79 Å². The second-order valence-electron chi connectivity index (χ2n) is 6.00. The average molecular weight is 325 g/mol. The molecule has 0 unspecified atom stereocenters. The van der Waals surface area contributed by atoms with E-state index < -0.39 is 0 Å². The first-order chi connectivity index (χ1) is 11.8. The first kappa shape index (κ1) is 16.5. The van der Waals surface area contributed by atoms with Crippen molar-refractivity contribution in [3.8, 4) is 5.75 Å². The predicted octanol–water partition coefficient (Wildman–Crippen LogP) is 3.82. The second kappa shape index (κ2) is 8.50. The number of benzene rings is 2. The van der Waals surface area contributed by atoms with Crippen molar-refractivity contribution in [3.63, 3.8) is 0 Å². The van der Waals surface area contributed by atoms with Crippen molar-refractivity contribution in [1.82, 2.24) is 0 Å². The zero-order valence-corrected chi connectivity index (χ0v) is 13.7. The molecule has 1 atom stereocenters. The van der Waals surface area contributed by atoms with Gasteiger partial charge in [0.2, 0.25) is 5.91 Å². The molecule has 2 aromatic rings. The van der Waals surface area contributed by atoms with Crippen LogP contribution in [0.4, 0.5) is 5.69 Å². The highest BCUT2D eigenvalue weighted by molar-refractivity contribution is 5.90. The molecule has 1 aliphatic heterocycles. The van der Waals surface area contributed by atoms with E-state index in [4.69, 9.17) is 9.47 Å². The molecule has 2 aromatic carbocycles. The topological polar surface area (TPSA) is 47.6 Å². The molecule has 0 bridgehead atoms. The van der Waals surface area contributed by atoms with Crippen LogP contribution in [0.3, 0.4) is 0 Å². The van der Waals surface area contributed by atoms with Gasteiger partial charge in [-0.1, -0.05) is 30.3 Å². The van der Waals surface area contributed by atoms with Crippen LogP contribution in [-0.4, -0.2) is 25.2 Å². The van der Waals surface area contributed by atoms with E-state index in [2.05, 4.69) is 5.32 Å². The van der Waals surface area contributed by atoms with Crippen molar-refractivity contribution in [2.75, 3.05) is 18.5 Å². The SMILES string of the molecule is O=C(CCc1ccccc1)Nc1ccc(OC[C@@H]2CCCO2)cc1. The summed E-state index contributed by atoms with van der Waals surface area (Å²) in [6.45, 7) is 1.42. The van der Waals surface area contributed by atoms with Gasteiger partial charge < -0.3 is 14.8 Å². The zero-order valence-electron chi connectivity index (χ0n) is 13.7. The van der Waals surface area contributed by atoms with Crippen molar-refractivity contribution in [1.29, 1.82) is 0 Å². The molecular formula is C20H23NO3. The number of hydrogen-bond donors (Lipinski definition) is 1. The molecule has 3 rings (SSSR count). The summed E-state index contributed by atoms with van der Waals surface area (Å²) in [5.41, 5.74) is 1.96. The lowest BCUT2D eigenvalue weighted by Crippen LogP contribution is -2.16. The molecule has 126 valence electrons. The Kier molecular flexibility index (Phi) is 5.85. The Morgan fingerprint density at radius 2 is 1.92 bits per heavy atom. The van der Waals surface area contributed by atoms with E-state index in [1.807, 2.05) is 54.6 Å². The van der Waals surface area contributed by atoms with Crippen LogP contribution >= 0.6 is 0 Å². The summed E-state index contributed by atoms with van der Waals surface area (Å²) in [7, 11) is 0. The molecule has 0 aliphatic carbocycles. The van der Waals surface area contributed by atoms with E-state index in [9.17, 15) is 4.79 Å². The highest BCUT2D eigenvalue weighted by atomic mass is 16.5. The molecule has 1 N–H and O–H groups in total. The maximum absolute atomic E-state index is 12.0. The fourth-order valence-corrected chi connectivity index (χ4v) is 2.73. The number of nitrogens with one attached hydrogen (secondary N) is 1. The number of amides is 1. The minimum Gasteiger partial charge on any atom is -0.491 e. The molecule has 4 heteroatoms. The van der Waals surface area contributed by atoms with E-state index in [-0.39, 0.29) is 12.0 Å². The van der Waals surface area contributed by atoms with Crippen molar-refractivity contribution >= 4 is 11.6 Å². The molecule has 1 amide bonds. The molecule has 0 saturated carbocycles. The molecule has 1 fully saturated rings. The van der Waals surface area contributed by atoms with E-state index in [1.54, 1.807) is 0 Å². The van der Waals surface area contributed by atoms with Crippen molar-refractivity contribution < 1.29 is 14.3 Å².